The number of alkyl halides is 1. The fourth-order valence-electron chi connectivity index (χ4n) is 2.50. The lowest BCUT2D eigenvalue weighted by Gasteiger charge is -2.19. The lowest BCUT2D eigenvalue weighted by molar-refractivity contribution is 0.391. The van der Waals surface area contributed by atoms with E-state index >= 15 is 0 Å². The van der Waals surface area contributed by atoms with Gasteiger partial charge in [0.05, 0.1) is 19.0 Å². The summed E-state index contributed by atoms with van der Waals surface area (Å²) < 4.78 is 24.1. The molecule has 0 bridgehead atoms. The largest absolute Gasteiger partial charge is 0.497 e. The van der Waals surface area contributed by atoms with Gasteiger partial charge in [0.25, 0.3) is 0 Å². The van der Waals surface area contributed by atoms with Crippen molar-refractivity contribution in [2.45, 2.75) is 18.7 Å². The molecule has 0 aliphatic heterocycles. The first-order valence-corrected chi connectivity index (χ1v) is 7.52. The Morgan fingerprint density at radius 3 is 2.14 bits per heavy atom. The van der Waals surface area contributed by atoms with E-state index in [2.05, 4.69) is 15.9 Å². The van der Waals surface area contributed by atoms with Crippen molar-refractivity contribution in [3.8, 4) is 11.5 Å². The second kappa shape index (κ2) is 6.48. The molecule has 0 N–H and O–H groups in total. The van der Waals surface area contributed by atoms with Crippen molar-refractivity contribution in [2.24, 2.45) is 0 Å². The first-order valence-electron chi connectivity index (χ1n) is 6.60. The van der Waals surface area contributed by atoms with Crippen LogP contribution in [0.5, 0.6) is 11.5 Å². The molecule has 0 radical (unpaired) electrons. The number of hydrogen-bond acceptors (Lipinski definition) is 2. The van der Waals surface area contributed by atoms with Crippen LogP contribution < -0.4 is 9.47 Å². The van der Waals surface area contributed by atoms with Gasteiger partial charge in [0.15, 0.2) is 0 Å². The van der Waals surface area contributed by atoms with Crippen molar-refractivity contribution in [3.63, 3.8) is 0 Å². The van der Waals surface area contributed by atoms with Crippen LogP contribution >= 0.6 is 15.9 Å². The first kappa shape index (κ1) is 15.8. The van der Waals surface area contributed by atoms with Crippen molar-refractivity contribution in [1.29, 1.82) is 0 Å². The number of methoxy groups -OCH3 is 2. The third-order valence-electron chi connectivity index (χ3n) is 3.53. The monoisotopic (exact) mass is 352 g/mol. The summed E-state index contributed by atoms with van der Waals surface area (Å²) in [4.78, 5) is -0.0704. The second-order valence-electron chi connectivity index (χ2n) is 4.92. The smallest absolute Gasteiger partial charge is 0.127 e. The molecule has 0 fully saturated rings. The van der Waals surface area contributed by atoms with E-state index in [1.54, 1.807) is 26.4 Å². The number of ether oxygens (including phenoxy) is 2. The molecule has 2 rings (SSSR count). The van der Waals surface area contributed by atoms with Crippen LogP contribution in [0.15, 0.2) is 30.3 Å². The van der Waals surface area contributed by atoms with Crippen molar-refractivity contribution >= 4 is 15.9 Å². The van der Waals surface area contributed by atoms with E-state index in [9.17, 15) is 4.39 Å². The molecule has 2 aromatic carbocycles. The topological polar surface area (TPSA) is 18.5 Å². The van der Waals surface area contributed by atoms with Crippen LogP contribution in [0, 0.1) is 19.7 Å². The van der Waals surface area contributed by atoms with Gasteiger partial charge in [0.1, 0.15) is 17.3 Å². The summed E-state index contributed by atoms with van der Waals surface area (Å²) in [5.41, 5.74) is 3.86. The van der Waals surface area contributed by atoms with Crippen LogP contribution in [-0.2, 0) is 0 Å². The zero-order chi connectivity index (χ0) is 15.6. The fourth-order valence-corrected chi connectivity index (χ4v) is 3.61. The Bertz CT molecular complexity index is 632. The summed E-state index contributed by atoms with van der Waals surface area (Å²) in [6.45, 7) is 3.82. The van der Waals surface area contributed by atoms with Crippen molar-refractivity contribution in [1.82, 2.24) is 0 Å². The van der Waals surface area contributed by atoms with E-state index < -0.39 is 0 Å². The molecule has 0 amide bonds. The van der Waals surface area contributed by atoms with E-state index in [-0.39, 0.29) is 10.6 Å². The average Bonchev–Trinajstić information content (AvgIpc) is 2.45. The molecule has 0 aliphatic carbocycles. The number of rotatable bonds is 4. The zero-order valence-electron chi connectivity index (χ0n) is 12.5. The summed E-state index contributed by atoms with van der Waals surface area (Å²) >= 11 is 3.72. The number of aryl methyl sites for hydroxylation is 2. The van der Waals surface area contributed by atoms with Gasteiger partial charge in [-0.2, -0.15) is 0 Å². The Kier molecular flexibility index (Phi) is 4.88. The summed E-state index contributed by atoms with van der Waals surface area (Å²) in [5.74, 6) is 1.26. The van der Waals surface area contributed by atoms with E-state index in [1.807, 2.05) is 32.0 Å². The third-order valence-corrected chi connectivity index (χ3v) is 4.48. The van der Waals surface area contributed by atoms with Crippen molar-refractivity contribution in [3.05, 3.63) is 58.4 Å². The highest BCUT2D eigenvalue weighted by atomic mass is 79.9. The van der Waals surface area contributed by atoms with Gasteiger partial charge >= 0.3 is 0 Å². The Hall–Kier alpha value is -1.55. The highest BCUT2D eigenvalue weighted by Gasteiger charge is 2.20. The van der Waals surface area contributed by atoms with E-state index in [1.165, 1.54) is 0 Å². The van der Waals surface area contributed by atoms with Crippen LogP contribution in [-0.4, -0.2) is 14.2 Å². The van der Waals surface area contributed by atoms with Gasteiger partial charge in [-0.05, 0) is 48.7 Å². The van der Waals surface area contributed by atoms with Crippen LogP contribution in [0.25, 0.3) is 0 Å². The normalized spacial score (nSPS) is 12.1. The average molecular weight is 353 g/mol. The minimum Gasteiger partial charge on any atom is -0.497 e. The zero-order valence-corrected chi connectivity index (χ0v) is 14.1. The fraction of sp³-hybridized carbons (Fsp3) is 0.294. The molecule has 0 heterocycles. The Morgan fingerprint density at radius 1 is 1.00 bits per heavy atom. The van der Waals surface area contributed by atoms with Crippen molar-refractivity contribution in [2.75, 3.05) is 14.2 Å². The van der Waals surface area contributed by atoms with E-state index in [0.717, 1.165) is 33.8 Å². The summed E-state index contributed by atoms with van der Waals surface area (Å²) in [6.07, 6.45) is 0. The van der Waals surface area contributed by atoms with Gasteiger partial charge in [-0.3, -0.25) is 0 Å². The van der Waals surface area contributed by atoms with Crippen molar-refractivity contribution < 1.29 is 13.9 Å². The van der Waals surface area contributed by atoms with Gasteiger partial charge < -0.3 is 9.47 Å². The lowest BCUT2D eigenvalue weighted by atomic mass is 9.95. The maximum atomic E-state index is 13.5. The predicted octanol–water partition coefficient (Wildman–Crippen LogP) is 4.94. The maximum absolute atomic E-state index is 13.5. The lowest BCUT2D eigenvalue weighted by Crippen LogP contribution is -2.02. The highest BCUT2D eigenvalue weighted by molar-refractivity contribution is 9.09. The van der Waals surface area contributed by atoms with Crippen LogP contribution in [0.1, 0.15) is 27.1 Å². The molecule has 0 aliphatic rings. The first-order chi connectivity index (χ1) is 9.97. The van der Waals surface area contributed by atoms with Gasteiger partial charge in [-0.1, -0.05) is 22.0 Å². The molecule has 112 valence electrons. The molecule has 0 aromatic heterocycles. The summed E-state index contributed by atoms with van der Waals surface area (Å²) in [7, 11) is 3.25. The molecule has 2 aromatic rings. The SMILES string of the molecule is COc1ccc(C(Br)c2c(C)cc(F)cc2C)c(OC)c1. The van der Waals surface area contributed by atoms with Gasteiger partial charge in [0.2, 0.25) is 0 Å². The maximum Gasteiger partial charge on any atom is 0.127 e. The molecule has 0 spiro atoms. The molecule has 2 nitrogen and oxygen atoms in total. The molecule has 1 atom stereocenters. The van der Waals surface area contributed by atoms with Crippen LogP contribution in [0.2, 0.25) is 0 Å². The number of halogens is 2. The molecule has 0 saturated heterocycles. The van der Waals surface area contributed by atoms with E-state index in [4.69, 9.17) is 9.47 Å². The number of hydrogen-bond donors (Lipinski definition) is 0. The molecule has 21 heavy (non-hydrogen) atoms. The van der Waals surface area contributed by atoms with Gasteiger partial charge in [-0.25, -0.2) is 4.39 Å². The molecule has 4 heteroatoms. The Balaban J connectivity index is 2.52. The Morgan fingerprint density at radius 2 is 1.62 bits per heavy atom. The molecule has 0 saturated carbocycles. The van der Waals surface area contributed by atoms with Crippen LogP contribution in [0.3, 0.4) is 0 Å². The third kappa shape index (κ3) is 3.21. The molecular weight excluding hydrogens is 335 g/mol. The van der Waals surface area contributed by atoms with E-state index in [0.29, 0.717) is 0 Å². The minimum atomic E-state index is -0.213. The predicted molar refractivity (Wildman–Crippen MR) is 86.2 cm³/mol. The summed E-state index contributed by atoms with van der Waals surface area (Å²) in [6, 6.07) is 8.79. The van der Waals surface area contributed by atoms with Gasteiger partial charge in [-0.15, -0.1) is 0 Å². The quantitative estimate of drug-likeness (QED) is 0.725. The highest BCUT2D eigenvalue weighted by Crippen LogP contribution is 2.40. The molecular formula is C17H18BrFO2. The van der Waals surface area contributed by atoms with Gasteiger partial charge in [0, 0.05) is 11.6 Å². The molecule has 1 unspecified atom stereocenters. The van der Waals surface area contributed by atoms with Crippen LogP contribution in [0.4, 0.5) is 4.39 Å². The number of benzene rings is 2. The minimum absolute atomic E-state index is 0.0704. The summed E-state index contributed by atoms with van der Waals surface area (Å²) in [5, 5.41) is 0. The standard InChI is InChI=1S/C17H18BrFO2/c1-10-7-12(19)8-11(2)16(10)17(18)14-6-5-13(20-3)9-15(14)21-4/h5-9,17H,1-4H3. The Labute approximate surface area is 133 Å². The second-order valence-corrected chi connectivity index (χ2v) is 5.84.